The number of nitrogen functional groups attached to an aromatic ring is 1. The number of rotatable bonds is 2. The molecule has 110 valence electrons. The predicted octanol–water partition coefficient (Wildman–Crippen LogP) is 3.43. The Hall–Kier alpha value is -1.71. The van der Waals surface area contributed by atoms with Crippen molar-refractivity contribution in [2.24, 2.45) is 0 Å². The van der Waals surface area contributed by atoms with Gasteiger partial charge in [-0.2, -0.15) is 0 Å². The minimum atomic E-state index is -0.445. The van der Waals surface area contributed by atoms with Gasteiger partial charge >= 0.3 is 6.09 Å². The second-order valence-electron chi connectivity index (χ2n) is 6.52. The first-order chi connectivity index (χ1) is 9.33. The van der Waals surface area contributed by atoms with Gasteiger partial charge in [-0.25, -0.2) is 4.79 Å². The fraction of sp³-hybridized carbons (Fsp3) is 0.562. The van der Waals surface area contributed by atoms with Gasteiger partial charge in [0.15, 0.2) is 0 Å². The highest BCUT2D eigenvalue weighted by molar-refractivity contribution is 5.68. The molecule has 4 heteroatoms. The lowest BCUT2D eigenvalue weighted by molar-refractivity contribution is 0.0505. The Morgan fingerprint density at radius 2 is 1.90 bits per heavy atom. The average Bonchev–Trinajstić information content (AvgIpc) is 2.75. The number of nitrogens with one attached hydrogen (secondary N) is 1. The van der Waals surface area contributed by atoms with Crippen LogP contribution < -0.4 is 11.1 Å². The lowest BCUT2D eigenvalue weighted by Gasteiger charge is -2.21. The van der Waals surface area contributed by atoms with Crippen LogP contribution in [0.2, 0.25) is 0 Å². The monoisotopic (exact) mass is 276 g/mol. The third kappa shape index (κ3) is 4.15. The molecule has 0 aromatic heterocycles. The second kappa shape index (κ2) is 5.73. The zero-order valence-electron chi connectivity index (χ0n) is 12.5. The van der Waals surface area contributed by atoms with Crippen LogP contribution in [0.4, 0.5) is 10.5 Å². The van der Waals surface area contributed by atoms with Crippen molar-refractivity contribution in [2.45, 2.75) is 57.6 Å². The van der Waals surface area contributed by atoms with E-state index < -0.39 is 5.60 Å². The van der Waals surface area contributed by atoms with E-state index in [2.05, 4.69) is 17.4 Å². The number of benzene rings is 1. The molecule has 1 amide bonds. The van der Waals surface area contributed by atoms with Crippen LogP contribution in [0.25, 0.3) is 0 Å². The molecule has 2 atom stereocenters. The molecule has 1 aromatic rings. The molecule has 0 heterocycles. The summed E-state index contributed by atoms with van der Waals surface area (Å²) in [5, 5.41) is 2.96. The van der Waals surface area contributed by atoms with Crippen molar-refractivity contribution >= 4 is 11.8 Å². The lowest BCUT2D eigenvalue weighted by atomic mass is 9.97. The van der Waals surface area contributed by atoms with E-state index in [1.165, 1.54) is 5.56 Å². The summed E-state index contributed by atoms with van der Waals surface area (Å²) in [6.07, 6.45) is 2.72. The maximum absolute atomic E-state index is 11.8. The number of carbonyl (C=O) groups is 1. The van der Waals surface area contributed by atoms with Gasteiger partial charge in [0.2, 0.25) is 0 Å². The first-order valence-corrected chi connectivity index (χ1v) is 7.18. The number of anilines is 1. The van der Waals surface area contributed by atoms with Gasteiger partial charge in [0.25, 0.3) is 0 Å². The van der Waals surface area contributed by atoms with Crippen molar-refractivity contribution in [1.82, 2.24) is 5.32 Å². The predicted molar refractivity (Wildman–Crippen MR) is 80.6 cm³/mol. The number of nitrogens with two attached hydrogens (primary N) is 1. The maximum Gasteiger partial charge on any atom is 0.407 e. The Balaban J connectivity index is 1.86. The summed E-state index contributed by atoms with van der Waals surface area (Å²) in [5.41, 5.74) is 7.34. The van der Waals surface area contributed by atoms with Gasteiger partial charge in [0.1, 0.15) is 5.60 Å². The number of hydrogen-bond acceptors (Lipinski definition) is 3. The van der Waals surface area contributed by atoms with E-state index in [0.29, 0.717) is 5.92 Å². The van der Waals surface area contributed by atoms with Gasteiger partial charge in [0.05, 0.1) is 0 Å². The summed E-state index contributed by atoms with van der Waals surface area (Å²) < 4.78 is 5.29. The molecule has 0 aliphatic heterocycles. The van der Waals surface area contributed by atoms with Crippen molar-refractivity contribution in [1.29, 1.82) is 0 Å². The van der Waals surface area contributed by atoms with E-state index in [1.54, 1.807) is 0 Å². The van der Waals surface area contributed by atoms with Crippen LogP contribution in [0.15, 0.2) is 24.3 Å². The van der Waals surface area contributed by atoms with E-state index >= 15 is 0 Å². The normalized spacial score (nSPS) is 22.6. The quantitative estimate of drug-likeness (QED) is 0.813. The van der Waals surface area contributed by atoms with E-state index in [0.717, 1.165) is 24.9 Å². The first-order valence-electron chi connectivity index (χ1n) is 7.18. The van der Waals surface area contributed by atoms with E-state index in [1.807, 2.05) is 32.9 Å². The summed E-state index contributed by atoms with van der Waals surface area (Å²) in [5.74, 6) is 0.496. The van der Waals surface area contributed by atoms with Gasteiger partial charge in [0, 0.05) is 11.7 Å². The molecule has 2 rings (SSSR count). The van der Waals surface area contributed by atoms with Crippen molar-refractivity contribution in [3.63, 3.8) is 0 Å². The maximum atomic E-state index is 11.8. The molecule has 0 saturated heterocycles. The molecule has 0 bridgehead atoms. The van der Waals surface area contributed by atoms with Gasteiger partial charge < -0.3 is 15.8 Å². The van der Waals surface area contributed by atoms with Crippen LogP contribution in [-0.2, 0) is 4.74 Å². The third-order valence-corrected chi connectivity index (χ3v) is 3.56. The lowest BCUT2D eigenvalue weighted by Crippen LogP contribution is -2.37. The Morgan fingerprint density at radius 1 is 1.25 bits per heavy atom. The summed E-state index contributed by atoms with van der Waals surface area (Å²) in [6, 6.07) is 8.23. The number of carbonyl (C=O) groups excluding carboxylic acids is 1. The molecule has 4 nitrogen and oxygen atoms in total. The van der Waals surface area contributed by atoms with Crippen molar-refractivity contribution < 1.29 is 9.53 Å². The third-order valence-electron chi connectivity index (χ3n) is 3.56. The van der Waals surface area contributed by atoms with Crippen LogP contribution in [-0.4, -0.2) is 17.7 Å². The highest BCUT2D eigenvalue weighted by Gasteiger charge is 2.28. The number of amides is 1. The summed E-state index contributed by atoms with van der Waals surface area (Å²) >= 11 is 0. The molecule has 1 aromatic carbocycles. The highest BCUT2D eigenvalue weighted by atomic mass is 16.6. The number of hydrogen-bond donors (Lipinski definition) is 2. The van der Waals surface area contributed by atoms with E-state index in [4.69, 9.17) is 10.5 Å². The van der Waals surface area contributed by atoms with Gasteiger partial charge in [-0.1, -0.05) is 12.1 Å². The average molecular weight is 276 g/mol. The first kappa shape index (κ1) is 14.7. The smallest absolute Gasteiger partial charge is 0.407 e. The van der Waals surface area contributed by atoms with Crippen LogP contribution >= 0.6 is 0 Å². The summed E-state index contributed by atoms with van der Waals surface area (Å²) in [6.45, 7) is 5.62. The highest BCUT2D eigenvalue weighted by Crippen LogP contribution is 2.34. The zero-order valence-corrected chi connectivity index (χ0v) is 12.5. The minimum Gasteiger partial charge on any atom is -0.444 e. The molecule has 1 aliphatic carbocycles. The van der Waals surface area contributed by atoms with E-state index in [-0.39, 0.29) is 12.1 Å². The fourth-order valence-electron chi connectivity index (χ4n) is 2.66. The topological polar surface area (TPSA) is 64.3 Å². The van der Waals surface area contributed by atoms with Gasteiger partial charge in [-0.3, -0.25) is 0 Å². The summed E-state index contributed by atoms with van der Waals surface area (Å²) in [4.78, 5) is 11.8. The van der Waals surface area contributed by atoms with Crippen LogP contribution in [0.1, 0.15) is 51.5 Å². The molecular formula is C16H24N2O2. The van der Waals surface area contributed by atoms with Gasteiger partial charge in [-0.05, 0) is 63.6 Å². The van der Waals surface area contributed by atoms with Crippen LogP contribution in [0.3, 0.4) is 0 Å². The number of ether oxygens (including phenoxy) is 1. The standard InChI is InChI=1S/C16H24N2O2/c1-16(2,3)20-15(19)18-14-9-6-12(10-14)11-4-7-13(17)8-5-11/h4-5,7-8,12,14H,6,9-10,17H2,1-3H3,(H,18,19)/t12-,14+/m0/s1. The SMILES string of the molecule is CC(C)(C)OC(=O)N[C@@H]1CC[C@H](c2ccc(N)cc2)C1. The minimum absolute atomic E-state index is 0.201. The Kier molecular flexibility index (Phi) is 4.21. The van der Waals surface area contributed by atoms with Crippen LogP contribution in [0.5, 0.6) is 0 Å². The largest absolute Gasteiger partial charge is 0.444 e. The zero-order chi connectivity index (χ0) is 14.8. The molecule has 3 N–H and O–H groups in total. The molecule has 1 aliphatic rings. The molecule has 1 saturated carbocycles. The number of alkyl carbamates (subject to hydrolysis) is 1. The molecule has 0 radical (unpaired) electrons. The molecule has 20 heavy (non-hydrogen) atoms. The van der Waals surface area contributed by atoms with Crippen LogP contribution in [0, 0.1) is 0 Å². The van der Waals surface area contributed by atoms with Crippen molar-refractivity contribution in [3.8, 4) is 0 Å². The van der Waals surface area contributed by atoms with Crippen molar-refractivity contribution in [2.75, 3.05) is 5.73 Å². The Bertz CT molecular complexity index is 462. The summed E-state index contributed by atoms with van der Waals surface area (Å²) in [7, 11) is 0. The molecular weight excluding hydrogens is 252 g/mol. The molecule has 0 unspecified atom stereocenters. The molecule has 1 fully saturated rings. The molecule has 0 spiro atoms. The van der Waals surface area contributed by atoms with Crippen molar-refractivity contribution in [3.05, 3.63) is 29.8 Å². The fourth-order valence-corrected chi connectivity index (χ4v) is 2.66. The van der Waals surface area contributed by atoms with E-state index in [9.17, 15) is 4.79 Å². The second-order valence-corrected chi connectivity index (χ2v) is 6.52. The Labute approximate surface area is 120 Å². The van der Waals surface area contributed by atoms with Gasteiger partial charge in [-0.15, -0.1) is 0 Å². The Morgan fingerprint density at radius 3 is 2.50 bits per heavy atom.